The van der Waals surface area contributed by atoms with Crippen LogP contribution in [0.4, 0.5) is 0 Å². The van der Waals surface area contributed by atoms with Crippen LogP contribution in [0.15, 0.2) is 194 Å². The molecule has 2 unspecified atom stereocenters. The molecule has 10 rings (SSSR count). The molecule has 2 atom stereocenters. The highest BCUT2D eigenvalue weighted by Gasteiger charge is 2.40. The van der Waals surface area contributed by atoms with E-state index >= 15 is 0 Å². The molecular weight excluding hydrogens is 601 g/mol. The molecule has 50 heavy (non-hydrogen) atoms. The first-order valence-electron chi connectivity index (χ1n) is 17.6. The van der Waals surface area contributed by atoms with Gasteiger partial charge >= 0.3 is 0 Å². The van der Waals surface area contributed by atoms with E-state index < -0.39 is 0 Å². The molecule has 0 saturated heterocycles. The van der Waals surface area contributed by atoms with E-state index in [-0.39, 0.29) is 11.8 Å². The fourth-order valence-corrected chi connectivity index (χ4v) is 8.63. The van der Waals surface area contributed by atoms with Crippen LogP contribution in [0.2, 0.25) is 0 Å². The molecule has 8 aromatic rings. The average molecular weight is 635 g/mol. The van der Waals surface area contributed by atoms with E-state index in [1.165, 1.54) is 89.0 Å². The smallest absolute Gasteiger partial charge is 0.0356 e. The fraction of sp³-hybridized carbons (Fsp3) is 0.0400. The molecule has 0 aromatic heterocycles. The molecule has 0 heteroatoms. The predicted molar refractivity (Wildman–Crippen MR) is 208 cm³/mol. The highest BCUT2D eigenvalue weighted by atomic mass is 14.4. The highest BCUT2D eigenvalue weighted by molar-refractivity contribution is 5.91. The van der Waals surface area contributed by atoms with Gasteiger partial charge in [0.15, 0.2) is 0 Å². The summed E-state index contributed by atoms with van der Waals surface area (Å²) in [5.74, 6) is 0.277. The summed E-state index contributed by atoms with van der Waals surface area (Å²) in [7, 11) is 0. The molecule has 0 nitrogen and oxygen atoms in total. The average Bonchev–Trinajstić information content (AvgIpc) is 3.72. The molecule has 0 heterocycles. The Balaban J connectivity index is 1.21. The molecule has 234 valence electrons. The van der Waals surface area contributed by atoms with Crippen molar-refractivity contribution in [1.82, 2.24) is 0 Å². The van der Waals surface area contributed by atoms with E-state index in [0.29, 0.717) is 0 Å². The van der Waals surface area contributed by atoms with Crippen molar-refractivity contribution in [3.63, 3.8) is 0 Å². The van der Waals surface area contributed by atoms with Crippen molar-refractivity contribution in [3.05, 3.63) is 228 Å². The van der Waals surface area contributed by atoms with Crippen LogP contribution in [-0.4, -0.2) is 0 Å². The highest BCUT2D eigenvalue weighted by Crippen LogP contribution is 2.58. The SMILES string of the molecule is c1ccc(-c2ccc(-c3cc(-c4ccccc4)cc(C4c5ccccc5-c5ccc6c(c54)C(c4ccccc4)c4ccccc4-6)c3)cc2)cc1. The first-order valence-corrected chi connectivity index (χ1v) is 17.6. The minimum Gasteiger partial charge on any atom is -0.0622 e. The van der Waals surface area contributed by atoms with Crippen LogP contribution in [-0.2, 0) is 0 Å². The van der Waals surface area contributed by atoms with Gasteiger partial charge < -0.3 is 0 Å². The number of fused-ring (bicyclic) bond motifs is 7. The largest absolute Gasteiger partial charge is 0.0622 e. The van der Waals surface area contributed by atoms with E-state index in [0.717, 1.165) is 0 Å². The van der Waals surface area contributed by atoms with Gasteiger partial charge in [-0.25, -0.2) is 0 Å². The molecule has 0 radical (unpaired) electrons. The maximum Gasteiger partial charge on any atom is 0.0356 e. The van der Waals surface area contributed by atoms with E-state index in [9.17, 15) is 0 Å². The maximum atomic E-state index is 2.46. The molecule has 2 aliphatic rings. The van der Waals surface area contributed by atoms with Crippen LogP contribution in [0.1, 0.15) is 45.2 Å². The van der Waals surface area contributed by atoms with Gasteiger partial charge in [0.1, 0.15) is 0 Å². The summed E-state index contributed by atoms with van der Waals surface area (Å²) in [6.07, 6.45) is 0. The third-order valence-electron chi connectivity index (χ3n) is 10.8. The van der Waals surface area contributed by atoms with Crippen molar-refractivity contribution in [2.45, 2.75) is 11.8 Å². The minimum atomic E-state index is 0.0997. The van der Waals surface area contributed by atoms with Crippen molar-refractivity contribution in [1.29, 1.82) is 0 Å². The summed E-state index contributed by atoms with van der Waals surface area (Å²) in [6, 6.07) is 71.9. The Kier molecular flexibility index (Phi) is 6.74. The molecule has 0 N–H and O–H groups in total. The van der Waals surface area contributed by atoms with Crippen LogP contribution in [0.5, 0.6) is 0 Å². The summed E-state index contributed by atoms with van der Waals surface area (Å²) < 4.78 is 0. The number of hydrogen-bond donors (Lipinski definition) is 0. The van der Waals surface area contributed by atoms with E-state index in [1.807, 2.05) is 0 Å². The third-order valence-corrected chi connectivity index (χ3v) is 10.8. The van der Waals surface area contributed by atoms with Gasteiger partial charge in [0.05, 0.1) is 0 Å². The Hall–Kier alpha value is -6.24. The molecule has 0 spiro atoms. The molecule has 0 bridgehead atoms. The molecular formula is C50H34. The minimum absolute atomic E-state index is 0.0997. The first kappa shape index (κ1) is 28.7. The number of hydrogen-bond acceptors (Lipinski definition) is 0. The Labute approximate surface area is 294 Å². The zero-order chi connectivity index (χ0) is 33.0. The standard InChI is InChI=1S/C50H34/c1-4-14-33(15-5-1)35-24-26-36(27-25-35)39-30-38(34-16-6-2-7-17-34)31-40(32-39)48-44-23-13-11-21-42(44)46-29-28-45-41-20-10-12-22-43(41)47(49(45)50(46)48)37-18-8-3-9-19-37/h1-32,47-48H. The predicted octanol–water partition coefficient (Wildman–Crippen LogP) is 13.0. The van der Waals surface area contributed by atoms with Gasteiger partial charge in [-0.15, -0.1) is 0 Å². The summed E-state index contributed by atoms with van der Waals surface area (Å²) in [5.41, 5.74) is 21.2. The van der Waals surface area contributed by atoms with Gasteiger partial charge in [0.25, 0.3) is 0 Å². The van der Waals surface area contributed by atoms with Crippen LogP contribution in [0, 0.1) is 0 Å². The van der Waals surface area contributed by atoms with Crippen LogP contribution >= 0.6 is 0 Å². The maximum absolute atomic E-state index is 2.46. The second-order valence-corrected chi connectivity index (χ2v) is 13.6. The zero-order valence-corrected chi connectivity index (χ0v) is 27.6. The Bertz CT molecular complexity index is 2510. The summed E-state index contributed by atoms with van der Waals surface area (Å²) in [4.78, 5) is 0. The quantitative estimate of drug-likeness (QED) is 0.177. The summed E-state index contributed by atoms with van der Waals surface area (Å²) >= 11 is 0. The monoisotopic (exact) mass is 634 g/mol. The van der Waals surface area contributed by atoms with Gasteiger partial charge in [-0.2, -0.15) is 0 Å². The van der Waals surface area contributed by atoms with Gasteiger partial charge in [0.2, 0.25) is 0 Å². The fourth-order valence-electron chi connectivity index (χ4n) is 8.63. The number of benzene rings is 8. The van der Waals surface area contributed by atoms with Gasteiger partial charge in [-0.3, -0.25) is 0 Å². The van der Waals surface area contributed by atoms with Gasteiger partial charge in [-0.1, -0.05) is 188 Å². The Morgan fingerprint density at radius 3 is 1.14 bits per heavy atom. The van der Waals surface area contributed by atoms with E-state index in [4.69, 9.17) is 0 Å². The lowest BCUT2D eigenvalue weighted by Gasteiger charge is -2.23. The Morgan fingerprint density at radius 2 is 0.620 bits per heavy atom. The first-order chi connectivity index (χ1) is 24.8. The van der Waals surface area contributed by atoms with Crippen LogP contribution in [0.3, 0.4) is 0 Å². The number of rotatable bonds is 5. The van der Waals surface area contributed by atoms with Gasteiger partial charge in [0, 0.05) is 11.8 Å². The molecule has 8 aromatic carbocycles. The molecule has 0 fully saturated rings. The van der Waals surface area contributed by atoms with E-state index in [2.05, 4.69) is 194 Å². The third kappa shape index (κ3) is 4.60. The lowest BCUT2D eigenvalue weighted by Crippen LogP contribution is -2.07. The van der Waals surface area contributed by atoms with Crippen molar-refractivity contribution >= 4 is 0 Å². The van der Waals surface area contributed by atoms with Crippen molar-refractivity contribution < 1.29 is 0 Å². The topological polar surface area (TPSA) is 0 Å². The van der Waals surface area contributed by atoms with Crippen molar-refractivity contribution in [2.24, 2.45) is 0 Å². The lowest BCUT2D eigenvalue weighted by atomic mass is 9.79. The van der Waals surface area contributed by atoms with Crippen LogP contribution < -0.4 is 0 Å². The van der Waals surface area contributed by atoms with Crippen molar-refractivity contribution in [3.8, 4) is 55.6 Å². The molecule has 0 aliphatic heterocycles. The van der Waals surface area contributed by atoms with E-state index in [1.54, 1.807) is 0 Å². The Morgan fingerprint density at radius 1 is 0.240 bits per heavy atom. The van der Waals surface area contributed by atoms with Crippen molar-refractivity contribution in [2.75, 3.05) is 0 Å². The molecule has 2 aliphatic carbocycles. The van der Waals surface area contributed by atoms with Crippen LogP contribution in [0.25, 0.3) is 55.6 Å². The summed E-state index contributed by atoms with van der Waals surface area (Å²) in [5, 5.41) is 0. The van der Waals surface area contributed by atoms with Gasteiger partial charge in [-0.05, 0) is 95.1 Å². The molecule has 0 amide bonds. The second-order valence-electron chi connectivity index (χ2n) is 13.6. The summed E-state index contributed by atoms with van der Waals surface area (Å²) in [6.45, 7) is 0. The normalized spacial score (nSPS) is 15.2. The zero-order valence-electron chi connectivity index (χ0n) is 27.6. The lowest BCUT2D eigenvalue weighted by molar-refractivity contribution is 0.938. The molecule has 0 saturated carbocycles. The second kappa shape index (κ2) is 11.7.